The molecule has 0 fully saturated rings. The predicted octanol–water partition coefficient (Wildman–Crippen LogP) is 3.65. The summed E-state index contributed by atoms with van der Waals surface area (Å²) in [5, 5.41) is 8.63. The Morgan fingerprint density at radius 2 is 1.27 bits per heavy atom. The molecule has 0 unspecified atom stereocenters. The summed E-state index contributed by atoms with van der Waals surface area (Å²) in [6, 6.07) is 18.5. The third-order valence-electron chi connectivity index (χ3n) is 3.85. The van der Waals surface area contributed by atoms with Crippen molar-refractivity contribution in [1.29, 1.82) is 0 Å². The number of rotatable bonds is 4. The van der Waals surface area contributed by atoms with Crippen LogP contribution < -0.4 is 20.9 Å². The molecular formula is C23H19IN6O3. The van der Waals surface area contributed by atoms with Crippen LogP contribution in [0.5, 0.6) is 23.3 Å². The molecule has 0 aliphatic rings. The van der Waals surface area contributed by atoms with E-state index in [9.17, 15) is 0 Å². The Morgan fingerprint density at radius 3 is 1.82 bits per heavy atom. The summed E-state index contributed by atoms with van der Waals surface area (Å²) in [5.41, 5.74) is 12.7. The van der Waals surface area contributed by atoms with Crippen LogP contribution in [-0.4, -0.2) is 31.6 Å². The van der Waals surface area contributed by atoms with E-state index in [1.54, 1.807) is 12.1 Å². The summed E-state index contributed by atoms with van der Waals surface area (Å²) in [6.45, 7) is -0.252. The highest BCUT2D eigenvalue weighted by molar-refractivity contribution is 14.1. The first-order valence-corrected chi connectivity index (χ1v) is 10.6. The molecule has 9 nitrogen and oxygen atoms in total. The van der Waals surface area contributed by atoms with Crippen molar-refractivity contribution < 1.29 is 14.6 Å². The first kappa shape index (κ1) is 23.7. The Labute approximate surface area is 204 Å². The van der Waals surface area contributed by atoms with E-state index in [1.165, 1.54) is 12.7 Å². The Kier molecular flexibility index (Phi) is 8.75. The Hall–Kier alpha value is -3.95. The zero-order valence-corrected chi connectivity index (χ0v) is 19.4. The van der Waals surface area contributed by atoms with Gasteiger partial charge in [-0.25, -0.2) is 9.97 Å². The number of aliphatic hydroxyl groups excluding tert-OH is 1. The number of benzene rings is 2. The second-order valence-corrected chi connectivity index (χ2v) is 7.14. The lowest BCUT2D eigenvalue weighted by molar-refractivity contribution is 0.350. The molecule has 5 N–H and O–H groups in total. The normalized spacial score (nSPS) is 9.64. The molecule has 33 heavy (non-hydrogen) atoms. The number of nitrogens with zero attached hydrogens (tertiary/aromatic N) is 4. The molecule has 0 radical (unpaired) electrons. The van der Waals surface area contributed by atoms with Gasteiger partial charge in [0.1, 0.15) is 51.5 Å². The highest BCUT2D eigenvalue weighted by Gasteiger charge is 2.08. The van der Waals surface area contributed by atoms with Crippen LogP contribution in [0.4, 0.5) is 11.4 Å². The molecule has 0 aliphatic carbocycles. The zero-order chi connectivity index (χ0) is 23.5. The van der Waals surface area contributed by atoms with Gasteiger partial charge in [0, 0.05) is 0 Å². The molecule has 2 aromatic carbocycles. The number of hydrogen-bond donors (Lipinski definition) is 3. The standard InChI is InChI=1S/C13H11N3O2.C10H8IN3O/c14-12-11(7-4-8-17)15-9-16-13(12)18-10-5-2-1-3-6-10;11-9-8(12)10(14-6-13-9)15-7-4-2-1-3-5-7/h1-3,5-6,9,17H,8,14H2;1-6H,12H2. The minimum Gasteiger partial charge on any atom is -0.437 e. The third-order valence-corrected chi connectivity index (χ3v) is 4.71. The fourth-order valence-electron chi connectivity index (χ4n) is 2.32. The molecule has 166 valence electrons. The number of nitrogen functional groups attached to an aromatic ring is 2. The van der Waals surface area contributed by atoms with Gasteiger partial charge < -0.3 is 26.0 Å². The number of aliphatic hydroxyl groups is 1. The average Bonchev–Trinajstić information content (AvgIpc) is 2.84. The van der Waals surface area contributed by atoms with Crippen molar-refractivity contribution in [2.45, 2.75) is 0 Å². The van der Waals surface area contributed by atoms with Gasteiger partial charge >= 0.3 is 0 Å². The molecule has 0 bridgehead atoms. The lowest BCUT2D eigenvalue weighted by Gasteiger charge is -2.07. The Balaban J connectivity index is 0.000000189. The van der Waals surface area contributed by atoms with Crippen LogP contribution in [0.3, 0.4) is 0 Å². The number of ether oxygens (including phenoxy) is 2. The van der Waals surface area contributed by atoms with Crippen molar-refractivity contribution in [2.75, 3.05) is 18.1 Å². The van der Waals surface area contributed by atoms with Gasteiger partial charge in [-0.05, 0) is 52.8 Å². The maximum Gasteiger partial charge on any atom is 0.247 e. The molecular weight excluding hydrogens is 535 g/mol. The summed E-state index contributed by atoms with van der Waals surface area (Å²) in [4.78, 5) is 15.8. The Morgan fingerprint density at radius 1 is 0.758 bits per heavy atom. The van der Waals surface area contributed by atoms with Gasteiger partial charge in [-0.3, -0.25) is 0 Å². The van der Waals surface area contributed by atoms with E-state index >= 15 is 0 Å². The Bertz CT molecular complexity index is 1250. The molecule has 0 spiro atoms. The van der Waals surface area contributed by atoms with Crippen molar-refractivity contribution in [1.82, 2.24) is 19.9 Å². The van der Waals surface area contributed by atoms with E-state index in [1.807, 2.05) is 71.1 Å². The monoisotopic (exact) mass is 554 g/mol. The molecule has 0 amide bonds. The smallest absolute Gasteiger partial charge is 0.247 e. The lowest BCUT2D eigenvalue weighted by atomic mass is 10.3. The number of anilines is 2. The molecule has 10 heteroatoms. The van der Waals surface area contributed by atoms with Crippen molar-refractivity contribution >= 4 is 34.0 Å². The van der Waals surface area contributed by atoms with E-state index in [0.717, 1.165) is 0 Å². The molecule has 0 atom stereocenters. The summed E-state index contributed by atoms with van der Waals surface area (Å²) in [6.07, 6.45) is 2.74. The zero-order valence-electron chi connectivity index (χ0n) is 17.2. The summed E-state index contributed by atoms with van der Waals surface area (Å²) in [7, 11) is 0. The van der Waals surface area contributed by atoms with Crippen molar-refractivity contribution in [3.63, 3.8) is 0 Å². The maximum atomic E-state index is 8.63. The van der Waals surface area contributed by atoms with Crippen LogP contribution in [0.1, 0.15) is 5.69 Å². The van der Waals surface area contributed by atoms with Gasteiger partial charge in [-0.1, -0.05) is 42.3 Å². The first-order chi connectivity index (χ1) is 16.1. The van der Waals surface area contributed by atoms with E-state index in [0.29, 0.717) is 32.5 Å². The molecule has 4 aromatic rings. The first-order valence-electron chi connectivity index (χ1n) is 9.50. The minimum atomic E-state index is -0.252. The van der Waals surface area contributed by atoms with Crippen molar-refractivity contribution in [3.8, 4) is 35.1 Å². The van der Waals surface area contributed by atoms with Crippen LogP contribution in [0.2, 0.25) is 0 Å². The predicted molar refractivity (Wildman–Crippen MR) is 133 cm³/mol. The number of para-hydroxylation sites is 2. The molecule has 0 saturated carbocycles. The van der Waals surface area contributed by atoms with Crippen LogP contribution >= 0.6 is 22.6 Å². The highest BCUT2D eigenvalue weighted by atomic mass is 127. The lowest BCUT2D eigenvalue weighted by Crippen LogP contribution is -2.00. The number of aromatic nitrogens is 4. The van der Waals surface area contributed by atoms with Crippen LogP contribution in [0, 0.1) is 15.5 Å². The molecule has 2 aromatic heterocycles. The van der Waals surface area contributed by atoms with Crippen molar-refractivity contribution in [3.05, 3.63) is 82.7 Å². The number of hydrogen-bond acceptors (Lipinski definition) is 9. The van der Waals surface area contributed by atoms with Gasteiger partial charge in [0.2, 0.25) is 11.8 Å². The van der Waals surface area contributed by atoms with Gasteiger partial charge in [0.25, 0.3) is 0 Å². The van der Waals surface area contributed by atoms with Crippen LogP contribution in [-0.2, 0) is 0 Å². The second-order valence-electron chi connectivity index (χ2n) is 6.11. The van der Waals surface area contributed by atoms with E-state index in [2.05, 4.69) is 31.8 Å². The minimum absolute atomic E-state index is 0.249. The van der Waals surface area contributed by atoms with E-state index < -0.39 is 0 Å². The van der Waals surface area contributed by atoms with Crippen LogP contribution in [0.25, 0.3) is 0 Å². The quantitative estimate of drug-likeness (QED) is 0.196. The average molecular weight is 554 g/mol. The van der Waals surface area contributed by atoms with Gasteiger partial charge in [0.05, 0.1) is 0 Å². The summed E-state index contributed by atoms with van der Waals surface area (Å²) >= 11 is 2.04. The number of nitrogens with two attached hydrogens (primary N) is 2. The summed E-state index contributed by atoms with van der Waals surface area (Å²) < 4.78 is 11.7. The fourth-order valence-corrected chi connectivity index (χ4v) is 2.68. The van der Waals surface area contributed by atoms with Gasteiger partial charge in [-0.2, -0.15) is 9.97 Å². The third kappa shape index (κ3) is 7.03. The molecule has 4 rings (SSSR count). The van der Waals surface area contributed by atoms with Gasteiger partial charge in [0.15, 0.2) is 0 Å². The highest BCUT2D eigenvalue weighted by Crippen LogP contribution is 2.27. The summed E-state index contributed by atoms with van der Waals surface area (Å²) in [5.74, 6) is 7.08. The molecule has 2 heterocycles. The molecule has 0 saturated heterocycles. The van der Waals surface area contributed by atoms with Crippen molar-refractivity contribution in [2.24, 2.45) is 0 Å². The van der Waals surface area contributed by atoms with Crippen LogP contribution in [0.15, 0.2) is 73.3 Å². The number of halogens is 1. The van der Waals surface area contributed by atoms with E-state index in [4.69, 9.17) is 26.0 Å². The largest absolute Gasteiger partial charge is 0.437 e. The fraction of sp³-hybridized carbons (Fsp3) is 0.0435. The topological polar surface area (TPSA) is 142 Å². The SMILES string of the molecule is Nc1c(C#CCO)ncnc1Oc1ccccc1.Nc1c(I)ncnc1Oc1ccccc1. The van der Waals surface area contributed by atoms with Gasteiger partial charge in [-0.15, -0.1) is 0 Å². The second kappa shape index (κ2) is 12.2. The van der Waals surface area contributed by atoms with E-state index in [-0.39, 0.29) is 18.2 Å². The maximum absolute atomic E-state index is 8.63. The molecule has 0 aliphatic heterocycles.